The molecule has 0 amide bonds. The maximum atomic E-state index is 4.05. The minimum Gasteiger partial charge on any atom is -0.434 e. The van der Waals surface area contributed by atoms with E-state index in [2.05, 4.69) is 12.0 Å². The van der Waals surface area contributed by atoms with E-state index < -0.39 is 0 Å². The summed E-state index contributed by atoms with van der Waals surface area (Å²) in [5, 5.41) is 0. The molecule has 0 aliphatic carbocycles. The second-order valence-electron chi connectivity index (χ2n) is 2.64. The van der Waals surface area contributed by atoms with Gasteiger partial charge in [-0.2, -0.15) is 0 Å². The molecule has 1 atom stereocenters. The van der Waals surface area contributed by atoms with Gasteiger partial charge in [-0.1, -0.05) is 0 Å². The van der Waals surface area contributed by atoms with Crippen LogP contribution in [0.4, 0.5) is 5.69 Å². The molecular formula is C8H10N2. The van der Waals surface area contributed by atoms with Crippen molar-refractivity contribution in [3.05, 3.63) is 31.1 Å². The van der Waals surface area contributed by atoms with E-state index in [-0.39, 0.29) is 0 Å². The van der Waals surface area contributed by atoms with E-state index in [0.29, 0.717) is 0 Å². The van der Waals surface area contributed by atoms with Crippen molar-refractivity contribution in [1.82, 2.24) is 4.98 Å². The Morgan fingerprint density at radius 2 is 2.50 bits per heavy atom. The van der Waals surface area contributed by atoms with Crippen molar-refractivity contribution in [1.29, 1.82) is 0 Å². The highest BCUT2D eigenvalue weighted by atomic mass is 15.1. The molecule has 1 unspecified atom stereocenters. The topological polar surface area (TPSA) is 17.3 Å². The molecule has 0 bridgehead atoms. The normalized spacial score (nSPS) is 22.7. The van der Waals surface area contributed by atoms with Crippen molar-refractivity contribution >= 4 is 5.69 Å². The lowest BCUT2D eigenvalue weighted by molar-refractivity contribution is -0.775. The lowest BCUT2D eigenvalue weighted by atomic mass is 10.2. The number of pyridine rings is 1. The highest BCUT2D eigenvalue weighted by molar-refractivity contribution is 5.39. The van der Waals surface area contributed by atoms with Gasteiger partial charge in [0.05, 0.1) is 6.54 Å². The summed E-state index contributed by atoms with van der Waals surface area (Å²) in [5.74, 6) is 0. The Labute approximate surface area is 60.5 Å². The monoisotopic (exact) mass is 134 g/mol. The average molecular weight is 134 g/mol. The molecule has 1 aliphatic rings. The predicted octanol–water partition coefficient (Wildman–Crippen LogP) is -0.0543. The van der Waals surface area contributed by atoms with Crippen LogP contribution in [0.5, 0.6) is 0 Å². The standard InChI is InChI=1S/C8H10N2/c1-10-5-3-7-6-9-4-2-8(7)10/h2,4,6,10H,1,3,5H2. The molecular weight excluding hydrogens is 124 g/mol. The van der Waals surface area contributed by atoms with Gasteiger partial charge >= 0.3 is 0 Å². The van der Waals surface area contributed by atoms with Crippen LogP contribution in [0, 0.1) is 7.05 Å². The molecule has 0 radical (unpaired) electrons. The van der Waals surface area contributed by atoms with Crippen LogP contribution in [-0.2, 0) is 6.42 Å². The fourth-order valence-electron chi connectivity index (χ4n) is 1.39. The summed E-state index contributed by atoms with van der Waals surface area (Å²) in [7, 11) is 3.97. The lowest BCUT2D eigenvalue weighted by Gasteiger charge is -2.11. The van der Waals surface area contributed by atoms with Crippen LogP contribution in [0.1, 0.15) is 5.56 Å². The molecule has 0 saturated heterocycles. The zero-order chi connectivity index (χ0) is 6.97. The number of rotatable bonds is 0. The molecule has 1 aliphatic heterocycles. The van der Waals surface area contributed by atoms with Crippen molar-refractivity contribution in [3.63, 3.8) is 0 Å². The third-order valence-corrected chi connectivity index (χ3v) is 1.98. The molecule has 1 N–H and O–H groups in total. The number of quaternary nitrogens is 1. The van der Waals surface area contributed by atoms with Crippen LogP contribution >= 0.6 is 0 Å². The maximum Gasteiger partial charge on any atom is 0.111 e. The number of nitrogens with zero attached hydrogens (tertiary/aromatic N) is 1. The van der Waals surface area contributed by atoms with Crippen molar-refractivity contribution < 1.29 is 4.90 Å². The van der Waals surface area contributed by atoms with Crippen molar-refractivity contribution in [2.24, 2.45) is 0 Å². The zero-order valence-corrected chi connectivity index (χ0v) is 5.80. The van der Waals surface area contributed by atoms with Gasteiger partial charge in [-0.3, -0.25) is 4.98 Å². The Hall–Kier alpha value is -0.890. The Morgan fingerprint density at radius 1 is 1.60 bits per heavy atom. The highest BCUT2D eigenvalue weighted by Gasteiger charge is 2.15. The first-order valence-corrected chi connectivity index (χ1v) is 3.49. The fourth-order valence-corrected chi connectivity index (χ4v) is 1.39. The van der Waals surface area contributed by atoms with E-state index in [1.54, 1.807) is 0 Å². The van der Waals surface area contributed by atoms with Gasteiger partial charge in [0, 0.05) is 30.4 Å². The van der Waals surface area contributed by atoms with E-state index in [1.165, 1.54) is 16.2 Å². The van der Waals surface area contributed by atoms with Gasteiger partial charge in [0.25, 0.3) is 0 Å². The molecule has 0 spiro atoms. The summed E-state index contributed by atoms with van der Waals surface area (Å²) >= 11 is 0. The first kappa shape index (κ1) is 5.86. The maximum absolute atomic E-state index is 4.05. The number of hydrogen-bond donors (Lipinski definition) is 1. The fraction of sp³-hybridized carbons (Fsp3) is 0.250. The summed E-state index contributed by atoms with van der Waals surface area (Å²) in [6.07, 6.45) is 4.89. The van der Waals surface area contributed by atoms with Crippen LogP contribution < -0.4 is 4.90 Å². The summed E-state index contributed by atoms with van der Waals surface area (Å²) in [6, 6.07) is 2.05. The molecule has 2 rings (SSSR count). The largest absolute Gasteiger partial charge is 0.434 e. The molecule has 0 fully saturated rings. The zero-order valence-electron chi connectivity index (χ0n) is 5.80. The highest BCUT2D eigenvalue weighted by Crippen LogP contribution is 2.12. The Morgan fingerprint density at radius 3 is 3.30 bits per heavy atom. The molecule has 52 valence electrons. The molecule has 2 nitrogen and oxygen atoms in total. The smallest absolute Gasteiger partial charge is 0.111 e. The van der Waals surface area contributed by atoms with Crippen molar-refractivity contribution in [2.75, 3.05) is 6.54 Å². The van der Waals surface area contributed by atoms with Gasteiger partial charge in [-0.25, -0.2) is 0 Å². The lowest BCUT2D eigenvalue weighted by Crippen LogP contribution is -3.00. The minimum absolute atomic E-state index is 1.11. The molecule has 2 heteroatoms. The van der Waals surface area contributed by atoms with Crippen molar-refractivity contribution in [3.8, 4) is 0 Å². The van der Waals surface area contributed by atoms with E-state index >= 15 is 0 Å². The molecule has 0 saturated carbocycles. The number of fused-ring (bicyclic) bond motifs is 1. The van der Waals surface area contributed by atoms with Crippen LogP contribution in [0.25, 0.3) is 0 Å². The molecule has 10 heavy (non-hydrogen) atoms. The SMILES string of the molecule is [CH2-][NH+]1CCc2cnccc21. The van der Waals surface area contributed by atoms with Gasteiger partial charge in [-0.05, 0) is 0 Å². The summed E-state index contributed by atoms with van der Waals surface area (Å²) < 4.78 is 0. The Balaban J connectivity index is 2.51. The Bertz CT molecular complexity index is 245. The summed E-state index contributed by atoms with van der Waals surface area (Å²) in [5.41, 5.74) is 2.67. The van der Waals surface area contributed by atoms with Crippen LogP contribution in [0.2, 0.25) is 0 Å². The van der Waals surface area contributed by atoms with E-state index in [0.717, 1.165) is 13.0 Å². The van der Waals surface area contributed by atoms with Gasteiger partial charge in [0.1, 0.15) is 5.69 Å². The average Bonchev–Trinajstić information content (AvgIpc) is 2.34. The van der Waals surface area contributed by atoms with E-state index in [4.69, 9.17) is 0 Å². The molecule has 2 heterocycles. The second-order valence-corrected chi connectivity index (χ2v) is 2.64. The van der Waals surface area contributed by atoms with E-state index in [9.17, 15) is 0 Å². The van der Waals surface area contributed by atoms with Crippen LogP contribution in [0.15, 0.2) is 18.5 Å². The first-order chi connectivity index (χ1) is 4.88. The molecule has 1 aromatic heterocycles. The third kappa shape index (κ3) is 0.727. The molecule has 1 aromatic rings. The minimum atomic E-state index is 1.11. The van der Waals surface area contributed by atoms with E-state index in [1.807, 2.05) is 18.5 Å². The summed E-state index contributed by atoms with van der Waals surface area (Å²) in [6.45, 7) is 1.11. The van der Waals surface area contributed by atoms with Crippen LogP contribution in [0.3, 0.4) is 0 Å². The molecule has 0 aromatic carbocycles. The summed E-state index contributed by atoms with van der Waals surface area (Å²) in [4.78, 5) is 5.31. The number of aromatic nitrogens is 1. The Kier molecular flexibility index (Phi) is 1.21. The third-order valence-electron chi connectivity index (χ3n) is 1.98. The van der Waals surface area contributed by atoms with Gasteiger partial charge in [0.2, 0.25) is 0 Å². The quantitative estimate of drug-likeness (QED) is 0.492. The van der Waals surface area contributed by atoms with Gasteiger partial charge < -0.3 is 4.90 Å². The predicted molar refractivity (Wildman–Crippen MR) is 38.8 cm³/mol. The number of hydrogen-bond acceptors (Lipinski definition) is 1. The van der Waals surface area contributed by atoms with Crippen molar-refractivity contribution in [2.45, 2.75) is 6.42 Å². The second kappa shape index (κ2) is 2.06. The van der Waals surface area contributed by atoms with Gasteiger partial charge in [-0.15, -0.1) is 7.05 Å². The van der Waals surface area contributed by atoms with Crippen LogP contribution in [-0.4, -0.2) is 11.5 Å². The number of nitrogens with one attached hydrogen (secondary N) is 1. The van der Waals surface area contributed by atoms with Gasteiger partial charge in [0.15, 0.2) is 0 Å². The first-order valence-electron chi connectivity index (χ1n) is 3.49.